The van der Waals surface area contributed by atoms with Crippen LogP contribution in [-0.4, -0.2) is 12.8 Å². The predicted octanol–water partition coefficient (Wildman–Crippen LogP) is 7.63. The summed E-state index contributed by atoms with van der Waals surface area (Å²) in [4.78, 5) is 0. The van der Waals surface area contributed by atoms with Crippen LogP contribution in [0.25, 0.3) is 0 Å². The molecule has 8 heteroatoms. The Morgan fingerprint density at radius 1 is 0.808 bits per heavy atom. The molecule has 2 aromatic carbocycles. The van der Waals surface area contributed by atoms with Crippen LogP contribution >= 0.6 is 15.1 Å². The summed E-state index contributed by atoms with van der Waals surface area (Å²) in [6.45, 7) is 6.30. The van der Waals surface area contributed by atoms with Crippen LogP contribution in [0.1, 0.15) is 12.8 Å². The van der Waals surface area contributed by atoms with Crippen molar-refractivity contribution in [3.63, 3.8) is 0 Å². The van der Waals surface area contributed by atoms with Crippen LogP contribution in [0.4, 0.5) is 25.2 Å². The maximum absolute atomic E-state index is 10.7. The Morgan fingerprint density at radius 3 is 1.46 bits per heavy atom. The van der Waals surface area contributed by atoms with E-state index in [4.69, 9.17) is 0 Å². The normalized spacial score (nSPS) is 14.4. The standard InChI is InChI=1S/C18H22P.F6P/c1-3-4-11-16-19(2,17-12-7-5-8-13-17)18-14-9-6-10-15-18;1-7(2,3,4,5)6/h3,5-10,12-15H,1,4,11,16H2,2H3;/q+1;-1. The number of unbranched alkanes of at least 4 members (excludes halogenated alkanes) is 1. The van der Waals surface area contributed by atoms with Crippen molar-refractivity contribution in [2.45, 2.75) is 12.8 Å². The van der Waals surface area contributed by atoms with Gasteiger partial charge in [-0.05, 0) is 37.1 Å². The molecule has 2 aromatic rings. The topological polar surface area (TPSA) is 0 Å². The van der Waals surface area contributed by atoms with Crippen LogP contribution in [0.2, 0.25) is 0 Å². The first-order valence-corrected chi connectivity index (χ1v) is 12.3. The van der Waals surface area contributed by atoms with Crippen LogP contribution < -0.4 is 10.6 Å². The predicted molar refractivity (Wildman–Crippen MR) is 103 cm³/mol. The van der Waals surface area contributed by atoms with Gasteiger partial charge in [-0.3, -0.25) is 0 Å². The summed E-state index contributed by atoms with van der Waals surface area (Å²) in [6, 6.07) is 22.0. The fourth-order valence-corrected chi connectivity index (χ4v) is 5.76. The fourth-order valence-electron chi connectivity index (χ4n) is 2.47. The van der Waals surface area contributed by atoms with Gasteiger partial charge < -0.3 is 0 Å². The molecule has 0 aromatic heterocycles. The monoisotopic (exact) mass is 414 g/mol. The number of halogens is 6. The first-order chi connectivity index (χ1) is 11.7. The molecule has 146 valence electrons. The third-order valence-electron chi connectivity index (χ3n) is 3.67. The molecule has 0 unspecified atom stereocenters. The van der Waals surface area contributed by atoms with E-state index in [1.807, 2.05) is 6.08 Å². The van der Waals surface area contributed by atoms with Gasteiger partial charge in [0.25, 0.3) is 0 Å². The molecule has 0 nitrogen and oxygen atoms in total. The fraction of sp³-hybridized carbons (Fsp3) is 0.222. The summed E-state index contributed by atoms with van der Waals surface area (Å²) >= 11 is 0. The molecular formula is C18H22F6P2. The molecular weight excluding hydrogens is 392 g/mol. The van der Waals surface area contributed by atoms with Crippen LogP contribution in [0.5, 0.6) is 0 Å². The summed E-state index contributed by atoms with van der Waals surface area (Å²) in [6.07, 6.45) is 5.61. The van der Waals surface area contributed by atoms with E-state index in [0.717, 1.165) is 6.42 Å². The van der Waals surface area contributed by atoms with Crippen LogP contribution in [-0.2, 0) is 0 Å². The van der Waals surface area contributed by atoms with Crippen LogP contribution in [0, 0.1) is 0 Å². The number of rotatable bonds is 6. The molecule has 0 spiro atoms. The van der Waals surface area contributed by atoms with E-state index in [1.54, 1.807) is 0 Å². The van der Waals surface area contributed by atoms with E-state index in [2.05, 4.69) is 73.9 Å². The van der Waals surface area contributed by atoms with Gasteiger partial charge in [0.1, 0.15) is 0 Å². The average molecular weight is 414 g/mol. The minimum absolute atomic E-state index is 1.11. The van der Waals surface area contributed by atoms with Crippen LogP contribution in [0.15, 0.2) is 73.3 Å². The maximum atomic E-state index is 9.87. The second-order valence-electron chi connectivity index (χ2n) is 5.98. The third kappa shape index (κ3) is 9.94. The Hall–Kier alpha value is -1.38. The molecule has 0 bridgehead atoms. The zero-order valence-electron chi connectivity index (χ0n) is 14.3. The molecule has 0 amide bonds. The molecule has 0 heterocycles. The molecule has 2 rings (SSSR count). The number of hydrogen-bond acceptors (Lipinski definition) is 0. The quantitative estimate of drug-likeness (QED) is 0.197. The van der Waals surface area contributed by atoms with Crippen molar-refractivity contribution in [1.29, 1.82) is 0 Å². The SMILES string of the molecule is C=CCCC[P+](C)(c1ccccc1)c1ccccc1.F[P-](F)(F)(F)(F)F. The molecule has 26 heavy (non-hydrogen) atoms. The van der Waals surface area contributed by atoms with Gasteiger partial charge in [0.2, 0.25) is 0 Å². The molecule has 0 saturated heterocycles. The number of benzene rings is 2. The van der Waals surface area contributed by atoms with Crippen molar-refractivity contribution in [2.75, 3.05) is 12.8 Å². The van der Waals surface area contributed by atoms with Gasteiger partial charge in [-0.1, -0.05) is 42.5 Å². The summed E-state index contributed by atoms with van der Waals surface area (Å²) in [5.41, 5.74) is 0. The summed E-state index contributed by atoms with van der Waals surface area (Å²) in [7, 11) is -11.9. The zero-order valence-corrected chi connectivity index (χ0v) is 16.1. The number of allylic oxidation sites excluding steroid dienone is 1. The molecule has 0 aliphatic heterocycles. The van der Waals surface area contributed by atoms with Gasteiger partial charge in [0.15, 0.2) is 0 Å². The zero-order chi connectivity index (χ0) is 20.0. The van der Waals surface area contributed by atoms with Gasteiger partial charge in [-0.25, -0.2) is 0 Å². The Morgan fingerprint density at radius 2 is 1.15 bits per heavy atom. The summed E-state index contributed by atoms with van der Waals surface area (Å²) in [5, 5.41) is 3.01. The second kappa shape index (κ2) is 7.70. The molecule has 0 saturated carbocycles. The van der Waals surface area contributed by atoms with E-state index in [0.29, 0.717) is 0 Å². The molecule has 0 fully saturated rings. The van der Waals surface area contributed by atoms with Crippen molar-refractivity contribution in [3.8, 4) is 0 Å². The van der Waals surface area contributed by atoms with Gasteiger partial charge in [0.05, 0.1) is 30.7 Å². The van der Waals surface area contributed by atoms with Gasteiger partial charge in [0, 0.05) is 0 Å². The molecule has 0 N–H and O–H groups in total. The second-order valence-corrected chi connectivity index (χ2v) is 11.8. The van der Waals surface area contributed by atoms with E-state index >= 15 is 0 Å². The Labute approximate surface area is 150 Å². The first kappa shape index (κ1) is 22.7. The molecule has 0 aliphatic carbocycles. The van der Waals surface area contributed by atoms with E-state index < -0.39 is 15.1 Å². The van der Waals surface area contributed by atoms with E-state index in [-0.39, 0.29) is 0 Å². The van der Waals surface area contributed by atoms with E-state index in [1.165, 1.54) is 23.2 Å². The van der Waals surface area contributed by atoms with E-state index in [9.17, 15) is 25.2 Å². The number of hydrogen-bond donors (Lipinski definition) is 0. The first-order valence-electron chi connectivity index (χ1n) is 7.86. The van der Waals surface area contributed by atoms with Gasteiger partial charge in [-0.15, -0.1) is 6.58 Å². The Kier molecular flexibility index (Phi) is 6.71. The molecule has 0 radical (unpaired) electrons. The van der Waals surface area contributed by atoms with Gasteiger partial charge >= 0.3 is 33.0 Å². The molecule has 0 atom stereocenters. The van der Waals surface area contributed by atoms with Crippen molar-refractivity contribution < 1.29 is 25.2 Å². The van der Waals surface area contributed by atoms with Crippen molar-refractivity contribution >= 4 is 25.7 Å². The van der Waals surface area contributed by atoms with Crippen molar-refractivity contribution in [2.24, 2.45) is 0 Å². The Bertz CT molecular complexity index is 646. The average Bonchev–Trinajstić information content (AvgIpc) is 2.54. The summed E-state index contributed by atoms with van der Waals surface area (Å²) in [5.74, 6) is 0. The molecule has 0 aliphatic rings. The van der Waals surface area contributed by atoms with Gasteiger partial charge in [-0.2, -0.15) is 0 Å². The Balaban J connectivity index is 0.000000412. The summed E-state index contributed by atoms with van der Waals surface area (Å²) < 4.78 is 59.2. The minimum atomic E-state index is -10.7. The van der Waals surface area contributed by atoms with Crippen molar-refractivity contribution in [1.82, 2.24) is 0 Å². The van der Waals surface area contributed by atoms with Crippen molar-refractivity contribution in [3.05, 3.63) is 73.3 Å². The van der Waals surface area contributed by atoms with Crippen LogP contribution in [0.3, 0.4) is 0 Å². The third-order valence-corrected chi connectivity index (χ3v) is 7.75.